The average molecular weight is 249 g/mol. The van der Waals surface area contributed by atoms with Crippen molar-refractivity contribution in [3.63, 3.8) is 0 Å². The largest absolute Gasteiger partial charge is 1.00 e. The molecule has 0 amide bonds. The Labute approximate surface area is 108 Å². The molecule has 0 spiro atoms. The molecule has 1 aromatic carbocycles. The SMILES string of the molecule is O=S(=O)([O-])c1ccc(Cl)cc1Cl.[Na+]. The van der Waals surface area contributed by atoms with Gasteiger partial charge < -0.3 is 4.55 Å². The fourth-order valence-electron chi connectivity index (χ4n) is 0.678. The van der Waals surface area contributed by atoms with Gasteiger partial charge in [0.05, 0.1) is 9.92 Å². The van der Waals surface area contributed by atoms with Crippen LogP contribution in [0.4, 0.5) is 0 Å². The van der Waals surface area contributed by atoms with Crippen LogP contribution in [0.2, 0.25) is 10.0 Å². The molecule has 0 fully saturated rings. The summed E-state index contributed by atoms with van der Waals surface area (Å²) in [7, 11) is -4.49. The molecule has 13 heavy (non-hydrogen) atoms. The Kier molecular flexibility index (Phi) is 5.25. The van der Waals surface area contributed by atoms with Gasteiger partial charge in [-0.3, -0.25) is 0 Å². The van der Waals surface area contributed by atoms with Gasteiger partial charge in [-0.15, -0.1) is 0 Å². The third-order valence-electron chi connectivity index (χ3n) is 1.16. The van der Waals surface area contributed by atoms with Crippen molar-refractivity contribution < 1.29 is 42.5 Å². The van der Waals surface area contributed by atoms with E-state index in [4.69, 9.17) is 23.2 Å². The summed E-state index contributed by atoms with van der Waals surface area (Å²) in [6.07, 6.45) is 0. The third-order valence-corrected chi connectivity index (χ3v) is 2.72. The van der Waals surface area contributed by atoms with Crippen molar-refractivity contribution >= 4 is 33.3 Å². The van der Waals surface area contributed by atoms with Gasteiger partial charge in [0.2, 0.25) is 0 Å². The number of rotatable bonds is 1. The van der Waals surface area contributed by atoms with Crippen molar-refractivity contribution in [2.75, 3.05) is 0 Å². The average Bonchev–Trinajstić information content (AvgIpc) is 1.83. The molecule has 0 saturated heterocycles. The molecule has 66 valence electrons. The molecule has 0 N–H and O–H groups in total. The molecule has 0 atom stereocenters. The van der Waals surface area contributed by atoms with E-state index in [9.17, 15) is 13.0 Å². The first-order valence-electron chi connectivity index (χ1n) is 2.82. The monoisotopic (exact) mass is 248 g/mol. The van der Waals surface area contributed by atoms with Gasteiger partial charge in [0.15, 0.2) is 0 Å². The molecule has 0 aromatic heterocycles. The van der Waals surface area contributed by atoms with E-state index in [1.54, 1.807) is 0 Å². The second kappa shape index (κ2) is 4.98. The van der Waals surface area contributed by atoms with Crippen molar-refractivity contribution in [1.82, 2.24) is 0 Å². The number of halogens is 2. The van der Waals surface area contributed by atoms with Crippen molar-refractivity contribution in [3.05, 3.63) is 28.2 Å². The van der Waals surface area contributed by atoms with Crippen molar-refractivity contribution in [3.8, 4) is 0 Å². The maximum atomic E-state index is 10.5. The van der Waals surface area contributed by atoms with Gasteiger partial charge in [0, 0.05) is 5.02 Å². The predicted molar refractivity (Wildman–Crippen MR) is 44.4 cm³/mol. The Morgan fingerprint density at radius 3 is 2.15 bits per heavy atom. The topological polar surface area (TPSA) is 57.2 Å². The molecule has 1 aromatic rings. The van der Waals surface area contributed by atoms with E-state index in [1.165, 1.54) is 12.1 Å². The Bertz CT molecular complexity index is 404. The first-order chi connectivity index (χ1) is 5.41. The van der Waals surface area contributed by atoms with Gasteiger partial charge in [-0.25, -0.2) is 8.42 Å². The smallest absolute Gasteiger partial charge is 0.744 e. The molecule has 3 nitrogen and oxygen atoms in total. The molecule has 7 heteroatoms. The number of hydrogen-bond donors (Lipinski definition) is 0. The molecular formula is C6H3Cl2NaO3S. The van der Waals surface area contributed by atoms with Gasteiger partial charge in [0.1, 0.15) is 10.1 Å². The molecule has 0 saturated carbocycles. The fourth-order valence-corrected chi connectivity index (χ4v) is 1.90. The van der Waals surface area contributed by atoms with Crippen LogP contribution in [-0.2, 0) is 10.1 Å². The van der Waals surface area contributed by atoms with Crippen LogP contribution in [-0.4, -0.2) is 13.0 Å². The van der Waals surface area contributed by atoms with E-state index in [-0.39, 0.29) is 39.6 Å². The van der Waals surface area contributed by atoms with Crippen molar-refractivity contribution in [2.24, 2.45) is 0 Å². The van der Waals surface area contributed by atoms with Gasteiger partial charge in [-0.2, -0.15) is 0 Å². The van der Waals surface area contributed by atoms with E-state index in [0.29, 0.717) is 0 Å². The molecule has 0 aliphatic rings. The zero-order valence-corrected chi connectivity index (χ0v) is 10.9. The zero-order chi connectivity index (χ0) is 9.35. The summed E-state index contributed by atoms with van der Waals surface area (Å²) in [5, 5.41) is 0.130. The Hall–Kier alpha value is 0.710. The normalized spacial score (nSPS) is 10.7. The summed E-state index contributed by atoms with van der Waals surface area (Å²) in [6, 6.07) is 3.57. The predicted octanol–water partition coefficient (Wildman–Crippen LogP) is -1.10. The summed E-state index contributed by atoms with van der Waals surface area (Å²) in [5.41, 5.74) is 0. The first kappa shape index (κ1) is 13.7. The Balaban J connectivity index is 0.00000144. The van der Waals surface area contributed by atoms with Crippen LogP contribution in [0, 0.1) is 0 Å². The van der Waals surface area contributed by atoms with E-state index >= 15 is 0 Å². The molecule has 0 heterocycles. The summed E-state index contributed by atoms with van der Waals surface area (Å²) in [5.74, 6) is 0. The maximum absolute atomic E-state index is 10.5. The van der Waals surface area contributed by atoms with Crippen LogP contribution < -0.4 is 29.6 Å². The first-order valence-corrected chi connectivity index (χ1v) is 4.98. The third kappa shape index (κ3) is 3.75. The minimum atomic E-state index is -4.49. The fraction of sp³-hybridized carbons (Fsp3) is 0. The van der Waals surface area contributed by atoms with Crippen molar-refractivity contribution in [2.45, 2.75) is 4.90 Å². The quantitative estimate of drug-likeness (QED) is 0.469. The van der Waals surface area contributed by atoms with Crippen LogP contribution in [0.5, 0.6) is 0 Å². The minimum absolute atomic E-state index is 0. The molecular weight excluding hydrogens is 246 g/mol. The van der Waals surface area contributed by atoms with Crippen LogP contribution in [0.15, 0.2) is 23.1 Å². The standard InChI is InChI=1S/C6H4Cl2O3S.Na/c7-4-1-2-6(5(8)3-4)12(9,10)11;/h1-3H,(H,9,10,11);/q;+1/p-1. The van der Waals surface area contributed by atoms with E-state index < -0.39 is 15.0 Å². The summed E-state index contributed by atoms with van der Waals surface area (Å²) in [6.45, 7) is 0. The molecule has 0 radical (unpaired) electrons. The van der Waals surface area contributed by atoms with E-state index in [1.807, 2.05) is 0 Å². The summed E-state index contributed by atoms with van der Waals surface area (Å²) >= 11 is 10.9. The second-order valence-corrected chi connectivity index (χ2v) is 4.22. The van der Waals surface area contributed by atoms with Crippen LogP contribution in [0.25, 0.3) is 0 Å². The minimum Gasteiger partial charge on any atom is -0.744 e. The van der Waals surface area contributed by atoms with Gasteiger partial charge in [-0.1, -0.05) is 23.2 Å². The molecule has 0 bridgehead atoms. The maximum Gasteiger partial charge on any atom is 1.00 e. The van der Waals surface area contributed by atoms with E-state index in [0.717, 1.165) is 6.07 Å². The summed E-state index contributed by atoms with van der Waals surface area (Å²) in [4.78, 5) is -0.450. The zero-order valence-electron chi connectivity index (χ0n) is 6.62. The molecule has 0 aliphatic carbocycles. The van der Waals surface area contributed by atoms with Crippen molar-refractivity contribution in [1.29, 1.82) is 0 Å². The Morgan fingerprint density at radius 1 is 1.23 bits per heavy atom. The summed E-state index contributed by atoms with van der Waals surface area (Å²) < 4.78 is 31.4. The Morgan fingerprint density at radius 2 is 1.77 bits per heavy atom. The second-order valence-electron chi connectivity index (χ2n) is 2.03. The van der Waals surface area contributed by atoms with Crippen LogP contribution >= 0.6 is 23.2 Å². The number of hydrogen-bond acceptors (Lipinski definition) is 3. The molecule has 0 aliphatic heterocycles. The van der Waals surface area contributed by atoms with Gasteiger partial charge >= 0.3 is 29.6 Å². The van der Waals surface area contributed by atoms with Crippen LogP contribution in [0.1, 0.15) is 0 Å². The van der Waals surface area contributed by atoms with Gasteiger partial charge in [0.25, 0.3) is 0 Å². The molecule has 1 rings (SSSR count). The molecule has 0 unspecified atom stereocenters. The van der Waals surface area contributed by atoms with Crippen LogP contribution in [0.3, 0.4) is 0 Å². The van der Waals surface area contributed by atoms with Gasteiger partial charge in [-0.05, 0) is 18.2 Å². The number of benzene rings is 1. The van der Waals surface area contributed by atoms with E-state index in [2.05, 4.69) is 0 Å².